The van der Waals surface area contributed by atoms with Crippen LogP contribution in [-0.2, 0) is 6.18 Å². The first-order valence-corrected chi connectivity index (χ1v) is 5.82. The van der Waals surface area contributed by atoms with Gasteiger partial charge in [-0.15, -0.1) is 0 Å². The summed E-state index contributed by atoms with van der Waals surface area (Å²) >= 11 is 4.79. The molecule has 0 aliphatic heterocycles. The highest BCUT2D eigenvalue weighted by molar-refractivity contribution is 7.80. The first kappa shape index (κ1) is 14.2. The van der Waals surface area contributed by atoms with E-state index in [2.05, 4.69) is 15.3 Å². The molecule has 3 N–H and O–H groups in total. The standard InChI is InChI=1S/C12H9F3N4S/c13-12(14,15)7-1-2-10(9(3-7)11(16)20)19-8-4-17-6-18-5-8/h1-6,19H,(H2,16,20). The fourth-order valence-electron chi connectivity index (χ4n) is 1.55. The molecule has 8 heteroatoms. The monoisotopic (exact) mass is 298 g/mol. The van der Waals surface area contributed by atoms with E-state index in [0.717, 1.165) is 12.1 Å². The summed E-state index contributed by atoms with van der Waals surface area (Å²) in [7, 11) is 0. The Morgan fingerprint density at radius 3 is 2.40 bits per heavy atom. The Kier molecular flexibility index (Phi) is 3.84. The lowest BCUT2D eigenvalue weighted by atomic mass is 10.1. The minimum Gasteiger partial charge on any atom is -0.389 e. The number of hydrogen-bond donors (Lipinski definition) is 2. The predicted octanol–water partition coefficient (Wildman–Crippen LogP) is 2.87. The number of nitrogens with two attached hydrogens (primary N) is 1. The SMILES string of the molecule is NC(=S)c1cc(C(F)(F)F)ccc1Nc1cncnc1. The van der Waals surface area contributed by atoms with E-state index in [9.17, 15) is 13.2 Å². The van der Waals surface area contributed by atoms with Crippen LogP contribution in [0.3, 0.4) is 0 Å². The van der Waals surface area contributed by atoms with Crippen LogP contribution in [0.15, 0.2) is 36.9 Å². The molecule has 0 fully saturated rings. The molecule has 0 amide bonds. The number of thiocarbonyl (C=S) groups is 1. The van der Waals surface area contributed by atoms with Crippen molar-refractivity contribution >= 4 is 28.6 Å². The van der Waals surface area contributed by atoms with Crippen LogP contribution in [0.4, 0.5) is 24.5 Å². The highest BCUT2D eigenvalue weighted by Gasteiger charge is 2.31. The molecule has 0 radical (unpaired) electrons. The van der Waals surface area contributed by atoms with E-state index in [-0.39, 0.29) is 10.6 Å². The number of nitrogens with one attached hydrogen (secondary N) is 1. The van der Waals surface area contributed by atoms with E-state index in [0.29, 0.717) is 11.4 Å². The van der Waals surface area contributed by atoms with E-state index in [1.165, 1.54) is 24.8 Å². The van der Waals surface area contributed by atoms with E-state index >= 15 is 0 Å². The highest BCUT2D eigenvalue weighted by Crippen LogP contribution is 2.32. The van der Waals surface area contributed by atoms with E-state index in [1.54, 1.807) is 0 Å². The second-order valence-corrected chi connectivity index (χ2v) is 4.31. The summed E-state index contributed by atoms with van der Waals surface area (Å²) in [6, 6.07) is 3.13. The molecule has 1 aromatic carbocycles. The molecule has 20 heavy (non-hydrogen) atoms. The third-order valence-electron chi connectivity index (χ3n) is 2.45. The lowest BCUT2D eigenvalue weighted by Gasteiger charge is -2.14. The zero-order valence-corrected chi connectivity index (χ0v) is 10.8. The van der Waals surface area contributed by atoms with Gasteiger partial charge >= 0.3 is 6.18 Å². The summed E-state index contributed by atoms with van der Waals surface area (Å²) in [5.74, 6) is 0. The van der Waals surface area contributed by atoms with Gasteiger partial charge in [-0.05, 0) is 18.2 Å². The maximum Gasteiger partial charge on any atom is 0.416 e. The van der Waals surface area contributed by atoms with Gasteiger partial charge in [0.25, 0.3) is 0 Å². The van der Waals surface area contributed by atoms with Gasteiger partial charge in [-0.2, -0.15) is 13.2 Å². The van der Waals surface area contributed by atoms with Crippen molar-refractivity contribution < 1.29 is 13.2 Å². The van der Waals surface area contributed by atoms with Crippen molar-refractivity contribution in [3.8, 4) is 0 Å². The Hall–Kier alpha value is -2.22. The van der Waals surface area contributed by atoms with Gasteiger partial charge in [-0.3, -0.25) is 0 Å². The van der Waals surface area contributed by atoms with Crippen molar-refractivity contribution in [3.63, 3.8) is 0 Å². The van der Waals surface area contributed by atoms with Crippen molar-refractivity contribution in [3.05, 3.63) is 48.0 Å². The lowest BCUT2D eigenvalue weighted by Crippen LogP contribution is -2.14. The van der Waals surface area contributed by atoms with Crippen LogP contribution < -0.4 is 11.1 Å². The Morgan fingerprint density at radius 1 is 1.20 bits per heavy atom. The molecule has 0 spiro atoms. The molecule has 0 atom stereocenters. The first-order valence-electron chi connectivity index (χ1n) is 5.41. The molecule has 104 valence electrons. The molecule has 4 nitrogen and oxygen atoms in total. The average molecular weight is 298 g/mol. The second kappa shape index (κ2) is 5.41. The number of benzene rings is 1. The maximum atomic E-state index is 12.7. The van der Waals surface area contributed by atoms with Crippen LogP contribution in [0.2, 0.25) is 0 Å². The van der Waals surface area contributed by atoms with E-state index in [4.69, 9.17) is 18.0 Å². The average Bonchev–Trinajstić information content (AvgIpc) is 2.38. The highest BCUT2D eigenvalue weighted by atomic mass is 32.1. The van der Waals surface area contributed by atoms with Gasteiger partial charge in [0.2, 0.25) is 0 Å². The normalized spacial score (nSPS) is 11.2. The van der Waals surface area contributed by atoms with Gasteiger partial charge in [0.05, 0.1) is 23.6 Å². The first-order chi connectivity index (χ1) is 9.38. The topological polar surface area (TPSA) is 63.8 Å². The fourth-order valence-corrected chi connectivity index (χ4v) is 1.72. The van der Waals surface area contributed by atoms with Gasteiger partial charge in [0.15, 0.2) is 0 Å². The van der Waals surface area contributed by atoms with Crippen LogP contribution in [-0.4, -0.2) is 15.0 Å². The predicted molar refractivity (Wildman–Crippen MR) is 72.6 cm³/mol. The third kappa shape index (κ3) is 3.21. The van der Waals surface area contributed by atoms with E-state index in [1.807, 2.05) is 0 Å². The number of rotatable bonds is 3. The smallest absolute Gasteiger partial charge is 0.389 e. The molecule has 0 bridgehead atoms. The number of alkyl halides is 3. The molecule has 0 saturated carbocycles. The zero-order valence-electron chi connectivity index (χ0n) is 9.98. The van der Waals surface area contributed by atoms with Crippen LogP contribution in [0, 0.1) is 0 Å². The van der Waals surface area contributed by atoms with Crippen LogP contribution >= 0.6 is 12.2 Å². The van der Waals surface area contributed by atoms with Gasteiger partial charge in [0.1, 0.15) is 11.3 Å². The van der Waals surface area contributed by atoms with Crippen LogP contribution in [0.1, 0.15) is 11.1 Å². The second-order valence-electron chi connectivity index (χ2n) is 3.87. The maximum absolute atomic E-state index is 12.7. The minimum absolute atomic E-state index is 0.110. The van der Waals surface area contributed by atoms with Crippen molar-refractivity contribution in [2.75, 3.05) is 5.32 Å². The summed E-state index contributed by atoms with van der Waals surface area (Å²) in [6.07, 6.45) is -0.150. The summed E-state index contributed by atoms with van der Waals surface area (Å²) in [5, 5.41) is 2.87. The van der Waals surface area contributed by atoms with Gasteiger partial charge < -0.3 is 11.1 Å². The van der Waals surface area contributed by atoms with Gasteiger partial charge in [0, 0.05) is 11.3 Å². The van der Waals surface area contributed by atoms with Crippen molar-refractivity contribution in [2.45, 2.75) is 6.18 Å². The van der Waals surface area contributed by atoms with Gasteiger partial charge in [-0.1, -0.05) is 12.2 Å². The summed E-state index contributed by atoms with van der Waals surface area (Å²) in [5.41, 5.74) is 5.65. The number of halogens is 3. The van der Waals surface area contributed by atoms with Crippen molar-refractivity contribution in [1.29, 1.82) is 0 Å². The third-order valence-corrected chi connectivity index (χ3v) is 2.67. The Balaban J connectivity index is 2.41. The molecule has 0 aliphatic rings. The lowest BCUT2D eigenvalue weighted by molar-refractivity contribution is -0.137. The Bertz CT molecular complexity index is 628. The number of anilines is 2. The molecule has 2 rings (SSSR count). The number of aromatic nitrogens is 2. The Labute approximate surface area is 117 Å². The van der Waals surface area contributed by atoms with E-state index < -0.39 is 11.7 Å². The molecule has 0 saturated heterocycles. The fraction of sp³-hybridized carbons (Fsp3) is 0.0833. The summed E-state index contributed by atoms with van der Waals surface area (Å²) < 4.78 is 38.0. The summed E-state index contributed by atoms with van der Waals surface area (Å²) in [6.45, 7) is 0. The largest absolute Gasteiger partial charge is 0.416 e. The molecule has 1 aromatic heterocycles. The van der Waals surface area contributed by atoms with Crippen molar-refractivity contribution in [1.82, 2.24) is 9.97 Å². The van der Waals surface area contributed by atoms with Gasteiger partial charge in [-0.25, -0.2) is 9.97 Å². The molecule has 0 aliphatic carbocycles. The number of hydrogen-bond acceptors (Lipinski definition) is 4. The summed E-state index contributed by atoms with van der Waals surface area (Å²) in [4.78, 5) is 7.46. The van der Waals surface area contributed by atoms with Crippen LogP contribution in [0.5, 0.6) is 0 Å². The molecular formula is C12H9F3N4S. The quantitative estimate of drug-likeness (QED) is 0.853. The van der Waals surface area contributed by atoms with Crippen molar-refractivity contribution in [2.24, 2.45) is 5.73 Å². The number of nitrogens with zero attached hydrogens (tertiary/aromatic N) is 2. The zero-order chi connectivity index (χ0) is 14.8. The van der Waals surface area contributed by atoms with Crippen LogP contribution in [0.25, 0.3) is 0 Å². The molecule has 2 aromatic rings. The Morgan fingerprint density at radius 2 is 1.85 bits per heavy atom. The molecule has 1 heterocycles. The minimum atomic E-state index is -4.45. The molecular weight excluding hydrogens is 289 g/mol. The molecule has 0 unspecified atom stereocenters.